The topological polar surface area (TPSA) is 12.0 Å². The monoisotopic (exact) mass is 233 g/mol. The van der Waals surface area contributed by atoms with Crippen molar-refractivity contribution in [1.29, 1.82) is 0 Å². The van der Waals surface area contributed by atoms with Crippen molar-refractivity contribution in [2.45, 2.75) is 6.92 Å². The van der Waals surface area contributed by atoms with Gasteiger partial charge in [-0.05, 0) is 41.1 Å². The fraction of sp³-hybridized carbons (Fsp3) is 0.250. The molecule has 0 aromatic heterocycles. The molecule has 60 valence electrons. The van der Waals surface area contributed by atoms with Crippen molar-refractivity contribution in [3.63, 3.8) is 0 Å². The van der Waals surface area contributed by atoms with Gasteiger partial charge in [-0.2, -0.15) is 0 Å². The molecule has 1 aromatic carbocycles. The first kappa shape index (κ1) is 8.88. The van der Waals surface area contributed by atoms with E-state index in [4.69, 9.17) is 11.6 Å². The molecule has 1 nitrogen and oxygen atoms in total. The Bertz CT molecular complexity index is 250. The van der Waals surface area contributed by atoms with E-state index in [1.807, 2.05) is 18.2 Å². The highest BCUT2D eigenvalue weighted by Crippen LogP contribution is 2.25. The van der Waals surface area contributed by atoms with E-state index in [1.165, 1.54) is 0 Å². The molecule has 0 aliphatic heterocycles. The molecule has 11 heavy (non-hydrogen) atoms. The fourth-order valence-electron chi connectivity index (χ4n) is 0.823. The molecule has 0 radical (unpaired) electrons. The van der Waals surface area contributed by atoms with Gasteiger partial charge in [0.05, 0.1) is 0 Å². The van der Waals surface area contributed by atoms with E-state index in [0.717, 1.165) is 21.7 Å². The Kier molecular flexibility index (Phi) is 3.21. The Balaban J connectivity index is 2.90. The third-order valence-electron chi connectivity index (χ3n) is 1.30. The van der Waals surface area contributed by atoms with Crippen molar-refractivity contribution in [1.82, 2.24) is 0 Å². The van der Waals surface area contributed by atoms with Gasteiger partial charge in [0.25, 0.3) is 0 Å². The zero-order valence-electron chi connectivity index (χ0n) is 6.20. The van der Waals surface area contributed by atoms with Crippen LogP contribution in [0.1, 0.15) is 6.92 Å². The van der Waals surface area contributed by atoms with Gasteiger partial charge in [-0.15, -0.1) is 0 Å². The fourth-order valence-corrected chi connectivity index (χ4v) is 1.65. The first-order valence-corrected chi connectivity index (χ1v) is 4.60. The minimum atomic E-state index is 0.749. The van der Waals surface area contributed by atoms with E-state index >= 15 is 0 Å². The van der Waals surface area contributed by atoms with Gasteiger partial charge < -0.3 is 5.32 Å². The average Bonchev–Trinajstić information content (AvgIpc) is 1.95. The predicted molar refractivity (Wildman–Crippen MR) is 53.3 cm³/mol. The van der Waals surface area contributed by atoms with Crippen LogP contribution in [0.5, 0.6) is 0 Å². The minimum absolute atomic E-state index is 0.749. The van der Waals surface area contributed by atoms with Crippen molar-refractivity contribution < 1.29 is 0 Å². The second kappa shape index (κ2) is 3.98. The molecule has 0 saturated carbocycles. The maximum atomic E-state index is 5.76. The van der Waals surface area contributed by atoms with Gasteiger partial charge in [0.15, 0.2) is 0 Å². The SMILES string of the molecule is CCNc1ccc(Cl)cc1Br. The van der Waals surface area contributed by atoms with Gasteiger partial charge in [0.2, 0.25) is 0 Å². The standard InChI is InChI=1S/C8H9BrClN/c1-2-11-8-4-3-6(10)5-7(8)9/h3-5,11H,2H2,1H3. The highest BCUT2D eigenvalue weighted by atomic mass is 79.9. The van der Waals surface area contributed by atoms with E-state index in [9.17, 15) is 0 Å². The Morgan fingerprint density at radius 2 is 2.27 bits per heavy atom. The van der Waals surface area contributed by atoms with Crippen molar-refractivity contribution in [3.8, 4) is 0 Å². The largest absolute Gasteiger partial charge is 0.384 e. The Morgan fingerprint density at radius 1 is 1.55 bits per heavy atom. The second-order valence-electron chi connectivity index (χ2n) is 2.15. The first-order chi connectivity index (χ1) is 5.24. The van der Waals surface area contributed by atoms with E-state index in [-0.39, 0.29) is 0 Å². The molecule has 0 aliphatic carbocycles. The second-order valence-corrected chi connectivity index (χ2v) is 3.45. The molecular weight excluding hydrogens is 225 g/mol. The van der Waals surface area contributed by atoms with E-state index < -0.39 is 0 Å². The number of hydrogen-bond donors (Lipinski definition) is 1. The highest BCUT2D eigenvalue weighted by Gasteiger charge is 1.97. The van der Waals surface area contributed by atoms with Crippen LogP contribution in [0.15, 0.2) is 22.7 Å². The first-order valence-electron chi connectivity index (χ1n) is 3.43. The summed E-state index contributed by atoms with van der Waals surface area (Å²) in [6.07, 6.45) is 0. The highest BCUT2D eigenvalue weighted by molar-refractivity contribution is 9.10. The summed E-state index contributed by atoms with van der Waals surface area (Å²) in [6, 6.07) is 5.69. The molecule has 0 spiro atoms. The molecule has 0 amide bonds. The lowest BCUT2D eigenvalue weighted by atomic mass is 10.3. The number of benzene rings is 1. The van der Waals surface area contributed by atoms with Crippen LogP contribution in [-0.2, 0) is 0 Å². The molecule has 0 heterocycles. The Hall–Kier alpha value is -0.210. The van der Waals surface area contributed by atoms with Crippen LogP contribution in [-0.4, -0.2) is 6.54 Å². The molecule has 0 saturated heterocycles. The zero-order valence-corrected chi connectivity index (χ0v) is 8.54. The third-order valence-corrected chi connectivity index (χ3v) is 2.19. The lowest BCUT2D eigenvalue weighted by Crippen LogP contribution is -1.96. The lowest BCUT2D eigenvalue weighted by molar-refractivity contribution is 1.21. The summed E-state index contributed by atoms with van der Waals surface area (Å²) in [6.45, 7) is 2.97. The molecule has 0 fully saturated rings. The molecule has 0 aliphatic rings. The van der Waals surface area contributed by atoms with Crippen LogP contribution in [0.2, 0.25) is 5.02 Å². The molecule has 1 aromatic rings. The third kappa shape index (κ3) is 2.38. The molecule has 1 N–H and O–H groups in total. The van der Waals surface area contributed by atoms with Crippen molar-refractivity contribution >= 4 is 33.2 Å². The van der Waals surface area contributed by atoms with Crippen LogP contribution in [0.4, 0.5) is 5.69 Å². The smallest absolute Gasteiger partial charge is 0.0485 e. The maximum absolute atomic E-state index is 5.76. The summed E-state index contributed by atoms with van der Waals surface area (Å²) in [4.78, 5) is 0. The summed E-state index contributed by atoms with van der Waals surface area (Å²) in [5.74, 6) is 0. The van der Waals surface area contributed by atoms with Crippen molar-refractivity contribution in [2.24, 2.45) is 0 Å². The van der Waals surface area contributed by atoms with Gasteiger partial charge in [0.1, 0.15) is 0 Å². The molecule has 0 unspecified atom stereocenters. The van der Waals surface area contributed by atoms with Gasteiger partial charge >= 0.3 is 0 Å². The molecule has 3 heteroatoms. The average molecular weight is 235 g/mol. The number of halogens is 2. The van der Waals surface area contributed by atoms with Crippen LogP contribution in [0.3, 0.4) is 0 Å². The predicted octanol–water partition coefficient (Wildman–Crippen LogP) is 3.53. The van der Waals surface area contributed by atoms with Crippen LogP contribution < -0.4 is 5.32 Å². The molecule has 0 atom stereocenters. The number of rotatable bonds is 2. The summed E-state index contributed by atoms with van der Waals surface area (Å²) < 4.78 is 1.01. The van der Waals surface area contributed by atoms with Crippen LogP contribution in [0, 0.1) is 0 Å². The number of hydrogen-bond acceptors (Lipinski definition) is 1. The van der Waals surface area contributed by atoms with Crippen molar-refractivity contribution in [3.05, 3.63) is 27.7 Å². The Labute approximate surface area is 79.9 Å². The van der Waals surface area contributed by atoms with Crippen LogP contribution in [0.25, 0.3) is 0 Å². The lowest BCUT2D eigenvalue weighted by Gasteiger charge is -2.04. The normalized spacial score (nSPS) is 9.73. The van der Waals surface area contributed by atoms with E-state index in [0.29, 0.717) is 0 Å². The van der Waals surface area contributed by atoms with Gasteiger partial charge in [-0.3, -0.25) is 0 Å². The van der Waals surface area contributed by atoms with Gasteiger partial charge in [0, 0.05) is 21.7 Å². The Morgan fingerprint density at radius 3 is 2.82 bits per heavy atom. The minimum Gasteiger partial charge on any atom is -0.384 e. The summed E-state index contributed by atoms with van der Waals surface area (Å²) in [5, 5.41) is 3.95. The van der Waals surface area contributed by atoms with E-state index in [1.54, 1.807) is 0 Å². The summed E-state index contributed by atoms with van der Waals surface area (Å²) in [7, 11) is 0. The number of nitrogens with one attached hydrogen (secondary N) is 1. The summed E-state index contributed by atoms with van der Waals surface area (Å²) in [5.41, 5.74) is 1.08. The number of anilines is 1. The zero-order chi connectivity index (χ0) is 8.27. The molecular formula is C8H9BrClN. The summed E-state index contributed by atoms with van der Waals surface area (Å²) >= 11 is 9.16. The van der Waals surface area contributed by atoms with Gasteiger partial charge in [-0.1, -0.05) is 11.6 Å². The van der Waals surface area contributed by atoms with E-state index in [2.05, 4.69) is 28.2 Å². The van der Waals surface area contributed by atoms with Crippen LogP contribution >= 0.6 is 27.5 Å². The van der Waals surface area contributed by atoms with Crippen molar-refractivity contribution in [2.75, 3.05) is 11.9 Å². The quantitative estimate of drug-likeness (QED) is 0.825. The maximum Gasteiger partial charge on any atom is 0.0485 e. The van der Waals surface area contributed by atoms with Gasteiger partial charge in [-0.25, -0.2) is 0 Å². The molecule has 0 bridgehead atoms. The molecule has 1 rings (SSSR count).